The van der Waals surface area contributed by atoms with Crippen molar-refractivity contribution in [2.24, 2.45) is 5.92 Å². The molecule has 6 nitrogen and oxygen atoms in total. The van der Waals surface area contributed by atoms with E-state index in [1.54, 1.807) is 18.3 Å². The Balaban J connectivity index is 1.81. The number of nitrogens with zero attached hydrogens (tertiary/aromatic N) is 2. The number of ether oxygens (including phenoxy) is 1. The summed E-state index contributed by atoms with van der Waals surface area (Å²) in [5.74, 6) is -0.965. The van der Waals surface area contributed by atoms with E-state index in [4.69, 9.17) is 9.84 Å². The molecule has 1 amide bonds. The van der Waals surface area contributed by atoms with E-state index in [2.05, 4.69) is 4.98 Å². The molecule has 1 aromatic rings. The van der Waals surface area contributed by atoms with Crippen LogP contribution in [0.4, 0.5) is 0 Å². The fraction of sp³-hybridized carbons (Fsp3) is 0.417. The topological polar surface area (TPSA) is 79.7 Å². The predicted octanol–water partition coefficient (Wildman–Crippen LogP) is 0.393. The van der Waals surface area contributed by atoms with E-state index >= 15 is 0 Å². The SMILES string of the molecule is O=C(O)C1CCN(C(=O)COc2cccnc2)C1. The number of carboxylic acids is 1. The minimum Gasteiger partial charge on any atom is -0.482 e. The lowest BCUT2D eigenvalue weighted by molar-refractivity contribution is -0.141. The lowest BCUT2D eigenvalue weighted by atomic mass is 10.1. The Kier molecular flexibility index (Phi) is 3.76. The Morgan fingerprint density at radius 2 is 2.39 bits per heavy atom. The third-order valence-corrected chi connectivity index (χ3v) is 2.89. The minimum absolute atomic E-state index is 0.0853. The molecule has 96 valence electrons. The monoisotopic (exact) mass is 250 g/mol. The summed E-state index contributed by atoms with van der Waals surface area (Å²) in [6.07, 6.45) is 3.65. The Bertz CT molecular complexity index is 435. The van der Waals surface area contributed by atoms with Gasteiger partial charge in [-0.05, 0) is 18.6 Å². The quantitative estimate of drug-likeness (QED) is 0.836. The number of carbonyl (C=O) groups is 2. The molecule has 0 spiro atoms. The molecule has 0 aromatic carbocycles. The van der Waals surface area contributed by atoms with Crippen molar-refractivity contribution in [1.82, 2.24) is 9.88 Å². The Morgan fingerprint density at radius 1 is 1.56 bits per heavy atom. The van der Waals surface area contributed by atoms with Crippen LogP contribution in [0.1, 0.15) is 6.42 Å². The maximum atomic E-state index is 11.8. The van der Waals surface area contributed by atoms with Crippen molar-refractivity contribution in [1.29, 1.82) is 0 Å². The Morgan fingerprint density at radius 3 is 3.00 bits per heavy atom. The zero-order valence-corrected chi connectivity index (χ0v) is 9.78. The second kappa shape index (κ2) is 5.48. The molecule has 1 N–H and O–H groups in total. The van der Waals surface area contributed by atoms with Crippen LogP contribution >= 0.6 is 0 Å². The molecular formula is C12H14N2O4. The smallest absolute Gasteiger partial charge is 0.308 e. The molecule has 0 aliphatic carbocycles. The molecule has 0 radical (unpaired) electrons. The first kappa shape index (κ1) is 12.3. The fourth-order valence-corrected chi connectivity index (χ4v) is 1.86. The van der Waals surface area contributed by atoms with Gasteiger partial charge in [0.25, 0.3) is 5.91 Å². The number of aromatic nitrogens is 1. The van der Waals surface area contributed by atoms with Crippen LogP contribution in [0.15, 0.2) is 24.5 Å². The van der Waals surface area contributed by atoms with E-state index in [9.17, 15) is 9.59 Å². The number of hydrogen-bond acceptors (Lipinski definition) is 4. The van der Waals surface area contributed by atoms with Gasteiger partial charge in [-0.1, -0.05) is 0 Å². The molecule has 0 bridgehead atoms. The van der Waals surface area contributed by atoms with Gasteiger partial charge in [0.05, 0.1) is 12.1 Å². The van der Waals surface area contributed by atoms with E-state index in [1.165, 1.54) is 11.1 Å². The van der Waals surface area contributed by atoms with Crippen LogP contribution < -0.4 is 4.74 Å². The zero-order valence-electron chi connectivity index (χ0n) is 9.78. The van der Waals surface area contributed by atoms with Gasteiger partial charge in [-0.3, -0.25) is 14.6 Å². The first-order valence-electron chi connectivity index (χ1n) is 5.70. The fourth-order valence-electron chi connectivity index (χ4n) is 1.86. The van der Waals surface area contributed by atoms with Crippen LogP contribution in [-0.2, 0) is 9.59 Å². The minimum atomic E-state index is -0.849. The van der Waals surface area contributed by atoms with Crippen LogP contribution in [0.2, 0.25) is 0 Å². The number of carboxylic acid groups (broad SMARTS) is 1. The van der Waals surface area contributed by atoms with Crippen LogP contribution in [-0.4, -0.2) is 46.6 Å². The molecule has 0 saturated carbocycles. The molecule has 1 unspecified atom stereocenters. The number of hydrogen-bond donors (Lipinski definition) is 1. The van der Waals surface area contributed by atoms with Crippen LogP contribution in [0.5, 0.6) is 5.75 Å². The summed E-state index contributed by atoms with van der Waals surface area (Å²) in [5.41, 5.74) is 0. The van der Waals surface area contributed by atoms with Gasteiger partial charge >= 0.3 is 5.97 Å². The number of aliphatic carboxylic acids is 1. The van der Waals surface area contributed by atoms with Crippen LogP contribution in [0, 0.1) is 5.92 Å². The summed E-state index contributed by atoms with van der Waals surface area (Å²) in [5, 5.41) is 8.84. The van der Waals surface area contributed by atoms with E-state index in [0.717, 1.165) is 0 Å². The third kappa shape index (κ3) is 2.97. The van der Waals surface area contributed by atoms with Crippen molar-refractivity contribution in [2.75, 3.05) is 19.7 Å². The van der Waals surface area contributed by atoms with Crippen molar-refractivity contribution < 1.29 is 19.4 Å². The van der Waals surface area contributed by atoms with Crippen molar-refractivity contribution in [3.8, 4) is 5.75 Å². The molecule has 2 rings (SSSR count). The molecule has 1 fully saturated rings. The predicted molar refractivity (Wildman–Crippen MR) is 62.1 cm³/mol. The highest BCUT2D eigenvalue weighted by Gasteiger charge is 2.30. The highest BCUT2D eigenvalue weighted by Crippen LogP contribution is 2.16. The molecule has 1 aliphatic rings. The lowest BCUT2D eigenvalue weighted by Gasteiger charge is -2.15. The summed E-state index contributed by atoms with van der Waals surface area (Å²) in [4.78, 5) is 27.9. The Hall–Kier alpha value is -2.11. The molecule has 1 atom stereocenters. The molecule has 1 saturated heterocycles. The first-order chi connectivity index (χ1) is 8.66. The molecule has 18 heavy (non-hydrogen) atoms. The maximum Gasteiger partial charge on any atom is 0.308 e. The van der Waals surface area contributed by atoms with Gasteiger partial charge in [0.1, 0.15) is 5.75 Å². The number of likely N-dealkylation sites (tertiary alicyclic amines) is 1. The highest BCUT2D eigenvalue weighted by atomic mass is 16.5. The summed E-state index contributed by atoms with van der Waals surface area (Å²) in [6, 6.07) is 3.43. The summed E-state index contributed by atoms with van der Waals surface area (Å²) >= 11 is 0. The average molecular weight is 250 g/mol. The van der Waals surface area contributed by atoms with Crippen LogP contribution in [0.3, 0.4) is 0 Å². The van der Waals surface area contributed by atoms with Crippen molar-refractivity contribution in [2.45, 2.75) is 6.42 Å². The van der Waals surface area contributed by atoms with Gasteiger partial charge in [-0.25, -0.2) is 0 Å². The second-order valence-electron chi connectivity index (χ2n) is 4.14. The molecule has 6 heteroatoms. The third-order valence-electron chi connectivity index (χ3n) is 2.89. The first-order valence-corrected chi connectivity index (χ1v) is 5.70. The Labute approximate surface area is 104 Å². The van der Waals surface area contributed by atoms with Crippen LogP contribution in [0.25, 0.3) is 0 Å². The van der Waals surface area contributed by atoms with Gasteiger partial charge in [0.15, 0.2) is 6.61 Å². The second-order valence-corrected chi connectivity index (χ2v) is 4.14. The molecule has 2 heterocycles. The summed E-state index contributed by atoms with van der Waals surface area (Å²) in [6.45, 7) is 0.662. The van der Waals surface area contributed by atoms with Gasteiger partial charge in [-0.2, -0.15) is 0 Å². The van der Waals surface area contributed by atoms with Crippen molar-refractivity contribution in [3.63, 3.8) is 0 Å². The summed E-state index contributed by atoms with van der Waals surface area (Å²) in [7, 11) is 0. The largest absolute Gasteiger partial charge is 0.482 e. The standard InChI is InChI=1S/C12H14N2O4/c15-11(8-18-10-2-1-4-13-6-10)14-5-3-9(7-14)12(16)17/h1-2,4,6,9H,3,5,7-8H2,(H,16,17). The van der Waals surface area contributed by atoms with Crippen molar-refractivity contribution >= 4 is 11.9 Å². The number of rotatable bonds is 4. The molecule has 1 aromatic heterocycles. The van der Waals surface area contributed by atoms with Gasteiger partial charge in [0.2, 0.25) is 0 Å². The zero-order chi connectivity index (χ0) is 13.0. The van der Waals surface area contributed by atoms with Gasteiger partial charge in [-0.15, -0.1) is 0 Å². The van der Waals surface area contributed by atoms with E-state index in [-0.39, 0.29) is 19.1 Å². The number of carbonyl (C=O) groups excluding carboxylic acids is 1. The number of amides is 1. The number of pyridine rings is 1. The van der Waals surface area contributed by atoms with E-state index in [1.807, 2.05) is 0 Å². The highest BCUT2D eigenvalue weighted by molar-refractivity contribution is 5.79. The van der Waals surface area contributed by atoms with Crippen molar-refractivity contribution in [3.05, 3.63) is 24.5 Å². The van der Waals surface area contributed by atoms with Gasteiger partial charge < -0.3 is 14.7 Å². The van der Waals surface area contributed by atoms with E-state index in [0.29, 0.717) is 18.7 Å². The maximum absolute atomic E-state index is 11.8. The normalized spacial score (nSPS) is 18.7. The molecular weight excluding hydrogens is 236 g/mol. The summed E-state index contributed by atoms with van der Waals surface area (Å²) < 4.78 is 5.27. The van der Waals surface area contributed by atoms with E-state index < -0.39 is 11.9 Å². The van der Waals surface area contributed by atoms with Gasteiger partial charge in [0, 0.05) is 19.3 Å². The lowest BCUT2D eigenvalue weighted by Crippen LogP contribution is -2.33. The average Bonchev–Trinajstić information content (AvgIpc) is 2.87. The molecule has 1 aliphatic heterocycles.